The summed E-state index contributed by atoms with van der Waals surface area (Å²) in [7, 11) is 3.15. The molecule has 1 saturated carbocycles. The number of carbonyl (C=O) groups is 2. The monoisotopic (exact) mass is 533 g/mol. The lowest BCUT2D eigenvalue weighted by atomic mass is 9.92. The Bertz CT molecular complexity index is 1320. The van der Waals surface area contributed by atoms with Crippen molar-refractivity contribution in [3.05, 3.63) is 82.0 Å². The Labute approximate surface area is 226 Å². The average molecular weight is 534 g/mol. The van der Waals surface area contributed by atoms with Crippen LogP contribution in [0.15, 0.2) is 75.9 Å². The molecule has 1 atom stereocenters. The van der Waals surface area contributed by atoms with Gasteiger partial charge in [-0.3, -0.25) is 4.79 Å². The number of hydrogen-bond donors (Lipinski definition) is 1. The van der Waals surface area contributed by atoms with Gasteiger partial charge in [0.15, 0.2) is 16.7 Å². The van der Waals surface area contributed by atoms with Crippen LogP contribution in [0.2, 0.25) is 0 Å². The molecule has 2 aromatic rings. The molecule has 2 aliphatic heterocycles. The minimum atomic E-state index is -0.617. The summed E-state index contributed by atoms with van der Waals surface area (Å²) in [6.07, 6.45) is 2.50. The van der Waals surface area contributed by atoms with E-state index in [1.807, 2.05) is 65.8 Å². The number of thioether (sulfide) groups is 1. The molecule has 9 heteroatoms. The van der Waals surface area contributed by atoms with Crippen LogP contribution < -0.4 is 14.8 Å². The van der Waals surface area contributed by atoms with Crippen LogP contribution in [0.4, 0.5) is 0 Å². The lowest BCUT2D eigenvalue weighted by molar-refractivity contribution is -0.141. The molecule has 1 fully saturated rings. The van der Waals surface area contributed by atoms with Gasteiger partial charge in [-0.2, -0.15) is 0 Å². The van der Waals surface area contributed by atoms with Gasteiger partial charge in [-0.25, -0.2) is 9.79 Å². The Morgan fingerprint density at radius 2 is 1.87 bits per heavy atom. The first-order chi connectivity index (χ1) is 18.5. The molecule has 1 N–H and O–H groups in total. The molecule has 8 nitrogen and oxygen atoms in total. The molecule has 0 spiro atoms. The van der Waals surface area contributed by atoms with E-state index < -0.39 is 12.0 Å². The van der Waals surface area contributed by atoms with Crippen LogP contribution >= 0.6 is 11.8 Å². The zero-order valence-corrected chi connectivity index (χ0v) is 22.5. The summed E-state index contributed by atoms with van der Waals surface area (Å²) >= 11 is 1.44. The molecular formula is C29H31N3O5S. The Kier molecular flexibility index (Phi) is 7.74. The van der Waals surface area contributed by atoms with Crippen LogP contribution in [0.1, 0.15) is 43.4 Å². The highest BCUT2D eigenvalue weighted by Gasteiger charge is 2.43. The van der Waals surface area contributed by atoms with E-state index in [0.29, 0.717) is 40.4 Å². The Morgan fingerprint density at radius 3 is 2.58 bits per heavy atom. The number of nitrogens with one attached hydrogen (secondary N) is 1. The maximum absolute atomic E-state index is 13.7. The summed E-state index contributed by atoms with van der Waals surface area (Å²) in [5.41, 5.74) is 3.32. The number of esters is 1. The lowest BCUT2D eigenvalue weighted by Crippen LogP contribution is -2.38. The summed E-state index contributed by atoms with van der Waals surface area (Å²) in [5.74, 6) is 1.11. The van der Waals surface area contributed by atoms with Crippen molar-refractivity contribution >= 4 is 28.8 Å². The second-order valence-electron chi connectivity index (χ2n) is 9.46. The second-order valence-corrected chi connectivity index (χ2v) is 10.3. The maximum atomic E-state index is 13.7. The van der Waals surface area contributed by atoms with Crippen molar-refractivity contribution in [3.8, 4) is 11.5 Å². The zero-order chi connectivity index (χ0) is 26.6. The van der Waals surface area contributed by atoms with Crippen LogP contribution in [0.3, 0.4) is 0 Å². The number of para-hydroxylation sites is 1. The molecule has 1 amide bonds. The number of hydrogen-bond acceptors (Lipinski definition) is 8. The number of nitrogens with zero attached hydrogens (tertiary/aromatic N) is 2. The van der Waals surface area contributed by atoms with Gasteiger partial charge in [0.25, 0.3) is 0 Å². The van der Waals surface area contributed by atoms with Crippen molar-refractivity contribution in [1.82, 2.24) is 10.2 Å². The van der Waals surface area contributed by atoms with Gasteiger partial charge in [0, 0.05) is 17.8 Å². The van der Waals surface area contributed by atoms with E-state index in [9.17, 15) is 9.59 Å². The van der Waals surface area contributed by atoms with Crippen molar-refractivity contribution in [2.24, 2.45) is 10.9 Å². The average Bonchev–Trinajstić information content (AvgIpc) is 3.69. The second kappa shape index (κ2) is 11.3. The molecule has 3 aliphatic rings. The fraction of sp³-hybridized carbons (Fsp3) is 0.345. The van der Waals surface area contributed by atoms with E-state index in [-0.39, 0.29) is 18.9 Å². The first-order valence-corrected chi connectivity index (χ1v) is 13.5. The third-order valence-electron chi connectivity index (χ3n) is 6.79. The number of rotatable bonds is 10. The van der Waals surface area contributed by atoms with Crippen molar-refractivity contribution in [2.45, 2.75) is 38.8 Å². The number of benzene rings is 2. The molecule has 2 heterocycles. The standard InChI is InChI=1S/C29H31N3O5S/c1-18-25(28(34)37-16-20-8-5-4-6-9-20)26(22-10-7-11-23(35-2)27(22)36-3)32-21(17-38-29(32)31-18)14-24(33)30-15-19-12-13-19/h4-11,17,19,26H,12-16H2,1-3H3,(H,30,33). The SMILES string of the molecule is COc1cccc(C2C(C(=O)OCc3ccccc3)=C(C)N=C3SC=C(CC(=O)NCC4CC4)N32)c1OC. The molecule has 0 bridgehead atoms. The van der Waals surface area contributed by atoms with E-state index in [1.54, 1.807) is 14.2 Å². The van der Waals surface area contributed by atoms with Crippen LogP contribution in [0.25, 0.3) is 0 Å². The summed E-state index contributed by atoms with van der Waals surface area (Å²) in [6, 6.07) is 14.5. The highest BCUT2D eigenvalue weighted by Crippen LogP contribution is 2.48. The van der Waals surface area contributed by atoms with Gasteiger partial charge in [-0.05, 0) is 42.7 Å². The summed E-state index contributed by atoms with van der Waals surface area (Å²) < 4.78 is 17.1. The van der Waals surface area contributed by atoms with Gasteiger partial charge >= 0.3 is 5.97 Å². The first kappa shape index (κ1) is 25.9. The predicted octanol–water partition coefficient (Wildman–Crippen LogP) is 4.94. The van der Waals surface area contributed by atoms with Crippen LogP contribution in [-0.2, 0) is 20.9 Å². The van der Waals surface area contributed by atoms with Crippen molar-refractivity contribution < 1.29 is 23.8 Å². The molecule has 1 aliphatic carbocycles. The minimum absolute atomic E-state index is 0.0548. The molecule has 0 aromatic heterocycles. The minimum Gasteiger partial charge on any atom is -0.493 e. The van der Waals surface area contributed by atoms with Gasteiger partial charge in [-0.1, -0.05) is 54.2 Å². The van der Waals surface area contributed by atoms with Gasteiger partial charge in [-0.15, -0.1) is 0 Å². The Hall–Kier alpha value is -3.72. The summed E-state index contributed by atoms with van der Waals surface area (Å²) in [6.45, 7) is 2.64. The van der Waals surface area contributed by atoms with Gasteiger partial charge in [0.05, 0.1) is 38.0 Å². The number of methoxy groups -OCH3 is 2. The number of aliphatic imine (C=N–C) groups is 1. The van der Waals surface area contributed by atoms with Gasteiger partial charge in [0.2, 0.25) is 5.91 Å². The molecule has 0 saturated heterocycles. The molecule has 38 heavy (non-hydrogen) atoms. The quantitative estimate of drug-likeness (QED) is 0.433. The molecule has 1 unspecified atom stereocenters. The normalized spacial score (nSPS) is 18.4. The molecule has 5 rings (SSSR count). The van der Waals surface area contributed by atoms with E-state index >= 15 is 0 Å². The maximum Gasteiger partial charge on any atom is 0.338 e. The molecule has 0 radical (unpaired) electrons. The number of amides is 1. The van der Waals surface area contributed by atoms with Crippen molar-refractivity contribution in [3.63, 3.8) is 0 Å². The highest BCUT2D eigenvalue weighted by molar-refractivity contribution is 8.16. The largest absolute Gasteiger partial charge is 0.493 e. The zero-order valence-electron chi connectivity index (χ0n) is 21.7. The van der Waals surface area contributed by atoms with E-state index in [4.69, 9.17) is 19.2 Å². The summed E-state index contributed by atoms with van der Waals surface area (Å²) in [4.78, 5) is 33.2. The Morgan fingerprint density at radius 1 is 1.08 bits per heavy atom. The van der Waals surface area contributed by atoms with Gasteiger partial charge < -0.3 is 24.4 Å². The lowest BCUT2D eigenvalue weighted by Gasteiger charge is -2.37. The van der Waals surface area contributed by atoms with E-state index in [2.05, 4.69) is 5.32 Å². The van der Waals surface area contributed by atoms with Crippen molar-refractivity contribution in [1.29, 1.82) is 0 Å². The fourth-order valence-electron chi connectivity index (χ4n) is 4.66. The fourth-order valence-corrected chi connectivity index (χ4v) is 5.62. The number of ether oxygens (including phenoxy) is 3. The third-order valence-corrected chi connectivity index (χ3v) is 7.68. The molecule has 198 valence electrons. The summed E-state index contributed by atoms with van der Waals surface area (Å²) in [5, 5.41) is 5.67. The topological polar surface area (TPSA) is 89.5 Å². The van der Waals surface area contributed by atoms with Gasteiger partial charge in [0.1, 0.15) is 6.61 Å². The van der Waals surface area contributed by atoms with Crippen molar-refractivity contribution in [2.75, 3.05) is 20.8 Å². The predicted molar refractivity (Wildman–Crippen MR) is 147 cm³/mol. The van der Waals surface area contributed by atoms with E-state index in [1.165, 1.54) is 11.8 Å². The highest BCUT2D eigenvalue weighted by atomic mass is 32.2. The number of allylic oxidation sites excluding steroid dienone is 1. The Balaban J connectivity index is 1.50. The van der Waals surface area contributed by atoms with Crippen LogP contribution in [0, 0.1) is 5.92 Å². The van der Waals surface area contributed by atoms with Crippen LogP contribution in [0.5, 0.6) is 11.5 Å². The van der Waals surface area contributed by atoms with E-state index in [0.717, 1.165) is 29.7 Å². The number of carbonyl (C=O) groups excluding carboxylic acids is 2. The molecule has 2 aromatic carbocycles. The molecular weight excluding hydrogens is 502 g/mol. The smallest absolute Gasteiger partial charge is 0.338 e. The first-order valence-electron chi connectivity index (χ1n) is 12.6. The van der Waals surface area contributed by atoms with Crippen LogP contribution in [-0.4, -0.2) is 42.7 Å². The number of amidine groups is 1. The third kappa shape index (κ3) is 5.43. The number of fused-ring (bicyclic) bond motifs is 1.